The Morgan fingerprint density at radius 2 is 2.11 bits per heavy atom. The third-order valence-electron chi connectivity index (χ3n) is 2.58. The molecule has 0 saturated carbocycles. The van der Waals surface area contributed by atoms with Gasteiger partial charge in [-0.2, -0.15) is 4.98 Å². The highest BCUT2D eigenvalue weighted by molar-refractivity contribution is 6.30. The van der Waals surface area contributed by atoms with E-state index in [9.17, 15) is 9.90 Å². The molecule has 5 nitrogen and oxygen atoms in total. The second-order valence-electron chi connectivity index (χ2n) is 3.90. The normalized spacial score (nSPS) is 12.3. The van der Waals surface area contributed by atoms with E-state index in [1.807, 2.05) is 30.3 Å². The largest absolute Gasteiger partial charge is 0.393 e. The predicted molar refractivity (Wildman–Crippen MR) is 70.9 cm³/mol. The van der Waals surface area contributed by atoms with Crippen LogP contribution in [0.15, 0.2) is 47.5 Å². The highest BCUT2D eigenvalue weighted by atomic mass is 35.5. The van der Waals surface area contributed by atoms with Crippen LogP contribution in [0.3, 0.4) is 0 Å². The molecule has 6 heteroatoms. The Hall–Kier alpha value is -1.69. The van der Waals surface area contributed by atoms with Crippen molar-refractivity contribution >= 4 is 11.6 Å². The van der Waals surface area contributed by atoms with E-state index in [1.54, 1.807) is 0 Å². The van der Waals surface area contributed by atoms with Crippen LogP contribution in [-0.4, -0.2) is 21.3 Å². The van der Waals surface area contributed by atoms with Crippen molar-refractivity contribution in [2.45, 2.75) is 12.8 Å². The average Bonchev–Trinajstić information content (AvgIpc) is 2.44. The Bertz CT molecular complexity index is 586. The van der Waals surface area contributed by atoms with Crippen molar-refractivity contribution in [2.24, 2.45) is 0 Å². The third kappa shape index (κ3) is 3.64. The number of aliphatic hydroxyl groups is 1. The standard InChI is InChI=1S/C13H13ClN2O3/c14-11-6-15-13(18)16(7-11)9-19-12(8-17)10-4-2-1-3-5-10/h1-7,12,17H,8-9H2. The Labute approximate surface area is 115 Å². The number of benzene rings is 1. The molecule has 1 aromatic carbocycles. The van der Waals surface area contributed by atoms with Gasteiger partial charge in [0.05, 0.1) is 17.8 Å². The third-order valence-corrected chi connectivity index (χ3v) is 2.77. The van der Waals surface area contributed by atoms with Gasteiger partial charge in [-0.05, 0) is 5.56 Å². The van der Waals surface area contributed by atoms with Crippen LogP contribution in [0.25, 0.3) is 0 Å². The number of halogens is 1. The van der Waals surface area contributed by atoms with Crippen LogP contribution in [0.2, 0.25) is 5.02 Å². The maximum absolute atomic E-state index is 11.5. The lowest BCUT2D eigenvalue weighted by molar-refractivity contribution is -0.0271. The van der Waals surface area contributed by atoms with Crippen molar-refractivity contribution in [1.29, 1.82) is 0 Å². The number of hydrogen-bond donors (Lipinski definition) is 1. The molecule has 100 valence electrons. The van der Waals surface area contributed by atoms with Gasteiger partial charge in [0.1, 0.15) is 12.8 Å². The zero-order chi connectivity index (χ0) is 13.7. The Kier molecular flexibility index (Phi) is 4.68. The van der Waals surface area contributed by atoms with E-state index in [0.29, 0.717) is 5.02 Å². The second-order valence-corrected chi connectivity index (χ2v) is 4.34. The summed E-state index contributed by atoms with van der Waals surface area (Å²) in [5.74, 6) is 0. The molecule has 0 saturated heterocycles. The number of nitrogens with zero attached hydrogens (tertiary/aromatic N) is 2. The van der Waals surface area contributed by atoms with Crippen molar-refractivity contribution in [3.05, 3.63) is 63.8 Å². The highest BCUT2D eigenvalue weighted by Crippen LogP contribution is 2.16. The van der Waals surface area contributed by atoms with Crippen LogP contribution in [0, 0.1) is 0 Å². The van der Waals surface area contributed by atoms with E-state index in [2.05, 4.69) is 4.98 Å². The monoisotopic (exact) mass is 280 g/mol. The van der Waals surface area contributed by atoms with E-state index >= 15 is 0 Å². The summed E-state index contributed by atoms with van der Waals surface area (Å²) in [6.07, 6.45) is 2.23. The van der Waals surface area contributed by atoms with E-state index in [1.165, 1.54) is 17.0 Å². The summed E-state index contributed by atoms with van der Waals surface area (Å²) >= 11 is 5.76. The van der Waals surface area contributed by atoms with Gasteiger partial charge in [-0.3, -0.25) is 4.57 Å². The van der Waals surface area contributed by atoms with Crippen LogP contribution in [0.5, 0.6) is 0 Å². The first-order valence-corrected chi connectivity index (χ1v) is 6.08. The summed E-state index contributed by atoms with van der Waals surface area (Å²) in [4.78, 5) is 15.0. The van der Waals surface area contributed by atoms with Gasteiger partial charge in [0.15, 0.2) is 0 Å². The lowest BCUT2D eigenvalue weighted by atomic mass is 10.1. The van der Waals surface area contributed by atoms with E-state index in [0.717, 1.165) is 5.56 Å². The van der Waals surface area contributed by atoms with Gasteiger partial charge in [-0.25, -0.2) is 4.79 Å². The molecule has 0 aliphatic heterocycles. The molecule has 19 heavy (non-hydrogen) atoms. The van der Waals surface area contributed by atoms with Crippen LogP contribution >= 0.6 is 11.6 Å². The minimum absolute atomic E-state index is 0.0213. The minimum Gasteiger partial charge on any atom is -0.393 e. The number of rotatable bonds is 5. The smallest absolute Gasteiger partial charge is 0.349 e. The molecule has 1 heterocycles. The molecule has 1 N–H and O–H groups in total. The maximum atomic E-state index is 11.5. The molecule has 0 spiro atoms. The molecule has 0 fully saturated rings. The summed E-state index contributed by atoms with van der Waals surface area (Å²) in [5.41, 5.74) is 0.391. The topological polar surface area (TPSA) is 64.4 Å². The molecule has 1 unspecified atom stereocenters. The number of aromatic nitrogens is 2. The van der Waals surface area contributed by atoms with Gasteiger partial charge >= 0.3 is 5.69 Å². The zero-order valence-corrected chi connectivity index (χ0v) is 10.8. The van der Waals surface area contributed by atoms with Gasteiger partial charge in [0.2, 0.25) is 0 Å². The van der Waals surface area contributed by atoms with Gasteiger partial charge in [0, 0.05) is 6.20 Å². The SMILES string of the molecule is O=c1ncc(Cl)cn1COC(CO)c1ccccc1. The summed E-state index contributed by atoms with van der Waals surface area (Å²) < 4.78 is 6.76. The van der Waals surface area contributed by atoms with Gasteiger partial charge in [-0.15, -0.1) is 0 Å². The molecule has 0 aliphatic carbocycles. The minimum atomic E-state index is -0.493. The van der Waals surface area contributed by atoms with E-state index in [4.69, 9.17) is 16.3 Å². The highest BCUT2D eigenvalue weighted by Gasteiger charge is 2.11. The first kappa shape index (κ1) is 13.7. The van der Waals surface area contributed by atoms with Gasteiger partial charge < -0.3 is 9.84 Å². The fourth-order valence-corrected chi connectivity index (χ4v) is 1.78. The van der Waals surface area contributed by atoms with Gasteiger partial charge in [-0.1, -0.05) is 41.9 Å². The zero-order valence-electron chi connectivity index (χ0n) is 10.1. The lowest BCUT2D eigenvalue weighted by Crippen LogP contribution is -2.24. The summed E-state index contributed by atoms with van der Waals surface area (Å²) in [6, 6.07) is 9.28. The maximum Gasteiger partial charge on any atom is 0.349 e. The first-order valence-electron chi connectivity index (χ1n) is 5.70. The van der Waals surface area contributed by atoms with Crippen molar-refractivity contribution < 1.29 is 9.84 Å². The molecule has 0 amide bonds. The molecule has 1 atom stereocenters. The van der Waals surface area contributed by atoms with Gasteiger partial charge in [0.25, 0.3) is 0 Å². The Morgan fingerprint density at radius 1 is 1.37 bits per heavy atom. The summed E-state index contributed by atoms with van der Waals surface area (Å²) in [7, 11) is 0. The first-order chi connectivity index (χ1) is 9.20. The molecule has 0 aliphatic rings. The molecule has 0 radical (unpaired) electrons. The number of aliphatic hydroxyl groups excluding tert-OH is 1. The summed E-state index contributed by atoms with van der Waals surface area (Å²) in [6.45, 7) is -0.195. The average molecular weight is 281 g/mol. The number of ether oxygens (including phenoxy) is 1. The molecule has 0 bridgehead atoms. The molecular formula is C13H13ClN2O3. The van der Waals surface area contributed by atoms with Crippen LogP contribution in [-0.2, 0) is 11.5 Å². The predicted octanol–water partition coefficient (Wildman–Crippen LogP) is 1.60. The second kappa shape index (κ2) is 6.47. The van der Waals surface area contributed by atoms with Crippen molar-refractivity contribution in [2.75, 3.05) is 6.61 Å². The van der Waals surface area contributed by atoms with Crippen LogP contribution in [0.4, 0.5) is 0 Å². The molecular weight excluding hydrogens is 268 g/mol. The Morgan fingerprint density at radius 3 is 2.79 bits per heavy atom. The molecule has 1 aromatic heterocycles. The Balaban J connectivity index is 2.08. The van der Waals surface area contributed by atoms with Crippen molar-refractivity contribution in [3.63, 3.8) is 0 Å². The van der Waals surface area contributed by atoms with Crippen molar-refractivity contribution in [1.82, 2.24) is 9.55 Å². The van der Waals surface area contributed by atoms with Crippen LogP contribution in [0.1, 0.15) is 11.7 Å². The molecule has 2 rings (SSSR count). The number of hydrogen-bond acceptors (Lipinski definition) is 4. The van der Waals surface area contributed by atoms with Crippen LogP contribution < -0.4 is 5.69 Å². The summed E-state index contributed by atoms with van der Waals surface area (Å²) in [5, 5.41) is 9.68. The molecule has 2 aromatic rings. The lowest BCUT2D eigenvalue weighted by Gasteiger charge is -2.16. The quantitative estimate of drug-likeness (QED) is 0.904. The van der Waals surface area contributed by atoms with E-state index in [-0.39, 0.29) is 13.3 Å². The fourth-order valence-electron chi connectivity index (χ4n) is 1.61. The van der Waals surface area contributed by atoms with Crippen molar-refractivity contribution in [3.8, 4) is 0 Å². The van der Waals surface area contributed by atoms with E-state index < -0.39 is 11.8 Å². The fraction of sp³-hybridized carbons (Fsp3) is 0.231.